The Morgan fingerprint density at radius 2 is 2.16 bits per heavy atom. The Bertz CT molecular complexity index is 679. The van der Waals surface area contributed by atoms with Crippen LogP contribution in [0.1, 0.15) is 5.56 Å². The lowest BCUT2D eigenvalue weighted by Gasteiger charge is -2.03. The van der Waals surface area contributed by atoms with Crippen molar-refractivity contribution >= 4 is 28.7 Å². The zero-order valence-corrected chi connectivity index (χ0v) is 10.7. The second kappa shape index (κ2) is 5.21. The first kappa shape index (κ1) is 11.9. The molecule has 0 fully saturated rings. The molecule has 0 bridgehead atoms. The molecule has 0 aliphatic rings. The number of aromatic amines is 1. The summed E-state index contributed by atoms with van der Waals surface area (Å²) in [5.41, 5.74) is 5.13. The van der Waals surface area contributed by atoms with Gasteiger partial charge in [-0.1, -0.05) is 17.8 Å². The molecule has 4 N–H and O–H groups in total. The van der Waals surface area contributed by atoms with Crippen molar-refractivity contribution in [3.63, 3.8) is 0 Å². The molecule has 0 amide bonds. The van der Waals surface area contributed by atoms with Crippen LogP contribution in [-0.4, -0.2) is 24.9 Å². The van der Waals surface area contributed by atoms with Crippen molar-refractivity contribution in [2.24, 2.45) is 5.84 Å². The molecule has 0 unspecified atom stereocenters. The molecule has 3 rings (SSSR count). The van der Waals surface area contributed by atoms with Crippen molar-refractivity contribution in [2.45, 2.75) is 10.8 Å². The summed E-state index contributed by atoms with van der Waals surface area (Å²) in [7, 11) is 0. The predicted molar refractivity (Wildman–Crippen MR) is 73.3 cm³/mol. The molecule has 0 aliphatic heterocycles. The molecule has 0 aliphatic carbocycles. The van der Waals surface area contributed by atoms with Crippen molar-refractivity contribution in [3.05, 3.63) is 36.5 Å². The average molecular weight is 273 g/mol. The van der Waals surface area contributed by atoms with Crippen LogP contribution in [0.25, 0.3) is 11.2 Å². The molecule has 3 aromatic heterocycles. The van der Waals surface area contributed by atoms with E-state index in [9.17, 15) is 0 Å². The van der Waals surface area contributed by atoms with E-state index in [2.05, 4.69) is 30.3 Å². The Morgan fingerprint density at radius 3 is 2.95 bits per heavy atom. The van der Waals surface area contributed by atoms with Gasteiger partial charge in [-0.3, -0.25) is 0 Å². The molecule has 7 nitrogen and oxygen atoms in total. The highest BCUT2D eigenvalue weighted by atomic mass is 32.2. The fourth-order valence-electron chi connectivity index (χ4n) is 1.60. The molecule has 3 aromatic rings. The number of thioether (sulfide) groups is 1. The van der Waals surface area contributed by atoms with Crippen molar-refractivity contribution in [3.8, 4) is 0 Å². The number of imidazole rings is 1. The van der Waals surface area contributed by atoms with Gasteiger partial charge in [0.1, 0.15) is 22.7 Å². The van der Waals surface area contributed by atoms with Gasteiger partial charge in [-0.25, -0.2) is 25.8 Å². The molecule has 0 spiro atoms. The van der Waals surface area contributed by atoms with Crippen LogP contribution in [0.2, 0.25) is 0 Å². The zero-order chi connectivity index (χ0) is 13.1. The third-order valence-corrected chi connectivity index (χ3v) is 3.60. The van der Waals surface area contributed by atoms with E-state index in [0.29, 0.717) is 11.5 Å². The molecule has 3 heterocycles. The van der Waals surface area contributed by atoms with Gasteiger partial charge < -0.3 is 10.4 Å². The highest BCUT2D eigenvalue weighted by Crippen LogP contribution is 2.25. The van der Waals surface area contributed by atoms with E-state index in [1.165, 1.54) is 6.33 Å². The van der Waals surface area contributed by atoms with Crippen LogP contribution >= 0.6 is 11.8 Å². The van der Waals surface area contributed by atoms with E-state index in [0.717, 1.165) is 21.9 Å². The summed E-state index contributed by atoms with van der Waals surface area (Å²) in [6.07, 6.45) is 4.92. The Hall–Kier alpha value is -2.19. The monoisotopic (exact) mass is 273 g/mol. The molecule has 0 aromatic carbocycles. The number of rotatable bonds is 4. The van der Waals surface area contributed by atoms with Gasteiger partial charge in [0, 0.05) is 11.9 Å². The van der Waals surface area contributed by atoms with Gasteiger partial charge in [0.25, 0.3) is 0 Å². The topological polar surface area (TPSA) is 105 Å². The minimum Gasteiger partial charge on any atom is -0.341 e. The third-order valence-electron chi connectivity index (χ3n) is 2.54. The number of aromatic nitrogens is 5. The van der Waals surface area contributed by atoms with E-state index in [1.54, 1.807) is 24.3 Å². The first-order chi connectivity index (χ1) is 9.36. The van der Waals surface area contributed by atoms with Crippen LogP contribution in [0.4, 0.5) is 5.82 Å². The van der Waals surface area contributed by atoms with E-state index in [4.69, 9.17) is 5.84 Å². The number of fused-ring (bicyclic) bond motifs is 1. The van der Waals surface area contributed by atoms with E-state index in [-0.39, 0.29) is 0 Å². The summed E-state index contributed by atoms with van der Waals surface area (Å²) in [6, 6.07) is 3.81. The standard InChI is InChI=1S/C11H11N7S/c12-18-8-2-1-7(3-13-8)4-19-11-9-10(15-5-14-9)16-6-17-11/h1-3,5-6H,4,12H2,(H,13,18)(H,14,15,16,17). The average Bonchev–Trinajstić information content (AvgIpc) is 2.94. The van der Waals surface area contributed by atoms with Gasteiger partial charge in [-0.15, -0.1) is 0 Å². The summed E-state index contributed by atoms with van der Waals surface area (Å²) in [5, 5.41) is 0.878. The van der Waals surface area contributed by atoms with Crippen molar-refractivity contribution in [2.75, 3.05) is 5.43 Å². The number of anilines is 1. The molecule has 0 saturated heterocycles. The summed E-state index contributed by atoms with van der Waals surface area (Å²) in [6.45, 7) is 0. The fourth-order valence-corrected chi connectivity index (χ4v) is 2.49. The SMILES string of the molecule is NNc1ccc(CSc2ncnc3nc[nH]c23)cn1. The Morgan fingerprint density at radius 1 is 1.21 bits per heavy atom. The van der Waals surface area contributed by atoms with Gasteiger partial charge in [-0.2, -0.15) is 0 Å². The lowest BCUT2D eigenvalue weighted by molar-refractivity contribution is 1.08. The van der Waals surface area contributed by atoms with Crippen LogP contribution in [-0.2, 0) is 5.75 Å². The number of H-pyrrole nitrogens is 1. The molecule has 19 heavy (non-hydrogen) atoms. The number of nitrogens with one attached hydrogen (secondary N) is 2. The van der Waals surface area contributed by atoms with Gasteiger partial charge in [0.15, 0.2) is 5.65 Å². The van der Waals surface area contributed by atoms with Gasteiger partial charge in [-0.05, 0) is 11.6 Å². The van der Waals surface area contributed by atoms with E-state index < -0.39 is 0 Å². The third kappa shape index (κ3) is 2.49. The number of hydrazine groups is 1. The molecular weight excluding hydrogens is 262 g/mol. The lowest BCUT2D eigenvalue weighted by atomic mass is 10.3. The van der Waals surface area contributed by atoms with Crippen LogP contribution in [0.15, 0.2) is 36.0 Å². The van der Waals surface area contributed by atoms with Gasteiger partial charge in [0.2, 0.25) is 0 Å². The largest absolute Gasteiger partial charge is 0.341 e. The summed E-state index contributed by atoms with van der Waals surface area (Å²) in [5.74, 6) is 6.68. The maximum Gasteiger partial charge on any atom is 0.181 e. The molecule has 96 valence electrons. The number of hydrogen-bond donors (Lipinski definition) is 3. The number of nitrogens with zero attached hydrogens (tertiary/aromatic N) is 4. The molecule has 0 saturated carbocycles. The Balaban J connectivity index is 1.76. The highest BCUT2D eigenvalue weighted by Gasteiger charge is 2.06. The summed E-state index contributed by atoms with van der Waals surface area (Å²) >= 11 is 1.61. The first-order valence-corrected chi connectivity index (χ1v) is 6.54. The summed E-state index contributed by atoms with van der Waals surface area (Å²) < 4.78 is 0. The maximum absolute atomic E-state index is 5.27. The summed E-state index contributed by atoms with van der Waals surface area (Å²) in [4.78, 5) is 19.6. The fraction of sp³-hybridized carbons (Fsp3) is 0.0909. The number of nitrogen functional groups attached to an aromatic ring is 1. The van der Waals surface area contributed by atoms with Crippen LogP contribution in [0.5, 0.6) is 0 Å². The molecule has 8 heteroatoms. The zero-order valence-electron chi connectivity index (χ0n) is 9.87. The molecule has 0 atom stereocenters. The molecule has 0 radical (unpaired) electrons. The maximum atomic E-state index is 5.27. The predicted octanol–water partition coefficient (Wildman–Crippen LogP) is 1.33. The van der Waals surface area contributed by atoms with Crippen molar-refractivity contribution < 1.29 is 0 Å². The number of nitrogens with two attached hydrogens (primary N) is 1. The van der Waals surface area contributed by atoms with Crippen LogP contribution < -0.4 is 11.3 Å². The minimum atomic E-state index is 0.645. The minimum absolute atomic E-state index is 0.645. The Kier molecular flexibility index (Phi) is 3.25. The first-order valence-electron chi connectivity index (χ1n) is 5.55. The number of pyridine rings is 1. The smallest absolute Gasteiger partial charge is 0.181 e. The van der Waals surface area contributed by atoms with Crippen molar-refractivity contribution in [1.29, 1.82) is 0 Å². The second-order valence-corrected chi connectivity index (χ2v) is 4.73. The van der Waals surface area contributed by atoms with Gasteiger partial charge in [0.05, 0.1) is 6.33 Å². The lowest BCUT2D eigenvalue weighted by Crippen LogP contribution is -2.08. The normalized spacial score (nSPS) is 10.8. The number of hydrogen-bond acceptors (Lipinski definition) is 7. The Labute approximate surface area is 113 Å². The van der Waals surface area contributed by atoms with Crippen molar-refractivity contribution in [1.82, 2.24) is 24.9 Å². The second-order valence-electron chi connectivity index (χ2n) is 3.76. The van der Waals surface area contributed by atoms with Crippen LogP contribution in [0.3, 0.4) is 0 Å². The van der Waals surface area contributed by atoms with Gasteiger partial charge >= 0.3 is 0 Å². The van der Waals surface area contributed by atoms with E-state index in [1.807, 2.05) is 12.1 Å². The highest BCUT2D eigenvalue weighted by molar-refractivity contribution is 7.98. The molecular formula is C11H11N7S. The van der Waals surface area contributed by atoms with Crippen LogP contribution in [0, 0.1) is 0 Å². The van der Waals surface area contributed by atoms with E-state index >= 15 is 0 Å². The quantitative estimate of drug-likeness (QED) is 0.285.